The highest BCUT2D eigenvalue weighted by molar-refractivity contribution is 6.02. The molecule has 1 saturated carbocycles. The van der Waals surface area contributed by atoms with Gasteiger partial charge < -0.3 is 25.2 Å². The van der Waals surface area contributed by atoms with Crippen molar-refractivity contribution >= 4 is 23.4 Å². The monoisotopic (exact) mass is 576 g/mol. The highest BCUT2D eigenvalue weighted by Crippen LogP contribution is 2.55. The van der Waals surface area contributed by atoms with Crippen molar-refractivity contribution in [2.75, 3.05) is 31.5 Å². The fraction of sp³-hybridized carbons (Fsp3) is 0.676. The van der Waals surface area contributed by atoms with E-state index in [0.717, 1.165) is 45.3 Å². The summed E-state index contributed by atoms with van der Waals surface area (Å²) in [5.41, 5.74) is 0.775. The van der Waals surface area contributed by atoms with E-state index in [1.807, 2.05) is 36.4 Å². The summed E-state index contributed by atoms with van der Waals surface area (Å²) in [5.74, 6) is -0.616. The predicted octanol–water partition coefficient (Wildman–Crippen LogP) is 4.33. The van der Waals surface area contributed by atoms with Gasteiger partial charge in [-0.2, -0.15) is 0 Å². The molecule has 1 aromatic carbocycles. The second-order valence-electron chi connectivity index (χ2n) is 13.8. The number of amides is 3. The fourth-order valence-electron chi connectivity index (χ4n) is 8.16. The van der Waals surface area contributed by atoms with Crippen LogP contribution in [-0.4, -0.2) is 77.5 Å². The van der Waals surface area contributed by atoms with E-state index in [9.17, 15) is 14.4 Å². The Labute approximate surface area is 250 Å². The van der Waals surface area contributed by atoms with E-state index in [0.29, 0.717) is 30.0 Å². The standard InChI is InChI=1S/C34H48N4O4/c1-21(2)24-11-13-25(14-12-24)35-31(39)28-27-15-16-34(42-27)29(28)33(41)38(20-19-37-17-6-5-7-18-37)30(34)32(40)36-26-10-8-9-22(3)23(26)4/h11-16,21-23,26-30H,5-10,17-20H2,1-4H3,(H,35,39)(H,36,40)/t22-,23+,26+,27+,28-,29+,30+,34+/m0/s1. The molecule has 42 heavy (non-hydrogen) atoms. The molecular weight excluding hydrogens is 528 g/mol. The molecule has 1 aromatic rings. The largest absolute Gasteiger partial charge is 0.359 e. The summed E-state index contributed by atoms with van der Waals surface area (Å²) in [6.45, 7) is 12.0. The highest BCUT2D eigenvalue weighted by atomic mass is 16.5. The van der Waals surface area contributed by atoms with Crippen molar-refractivity contribution in [2.45, 2.75) is 95.9 Å². The van der Waals surface area contributed by atoms with Crippen LogP contribution in [0.3, 0.4) is 0 Å². The summed E-state index contributed by atoms with van der Waals surface area (Å²) < 4.78 is 6.56. The number of benzene rings is 1. The Kier molecular flexibility index (Phi) is 8.22. The number of likely N-dealkylation sites (tertiary alicyclic amines) is 2. The molecule has 0 aromatic heterocycles. The molecule has 1 spiro atoms. The number of carbonyl (C=O) groups is 3. The van der Waals surface area contributed by atoms with Gasteiger partial charge in [-0.15, -0.1) is 0 Å². The molecule has 8 heteroatoms. The van der Waals surface area contributed by atoms with Crippen molar-refractivity contribution in [1.29, 1.82) is 0 Å². The molecule has 3 amide bonds. The summed E-state index contributed by atoms with van der Waals surface area (Å²) in [7, 11) is 0. The topological polar surface area (TPSA) is 91.0 Å². The number of hydrogen-bond donors (Lipinski definition) is 2. The molecule has 4 aliphatic heterocycles. The number of rotatable bonds is 8. The predicted molar refractivity (Wildman–Crippen MR) is 163 cm³/mol. The van der Waals surface area contributed by atoms with Crippen LogP contribution in [0.4, 0.5) is 5.69 Å². The molecule has 2 bridgehead atoms. The molecular formula is C34H48N4O4. The molecule has 5 aliphatic rings. The first kappa shape index (κ1) is 29.4. The minimum absolute atomic E-state index is 0.0752. The Hall–Kier alpha value is -2.71. The normalized spacial score (nSPS) is 36.0. The summed E-state index contributed by atoms with van der Waals surface area (Å²) in [6, 6.07) is 7.17. The molecule has 2 N–H and O–H groups in total. The van der Waals surface area contributed by atoms with Crippen LogP contribution in [0.1, 0.15) is 77.7 Å². The summed E-state index contributed by atoms with van der Waals surface area (Å²) >= 11 is 0. The maximum Gasteiger partial charge on any atom is 0.246 e. The van der Waals surface area contributed by atoms with Gasteiger partial charge in [0.15, 0.2) is 0 Å². The quantitative estimate of drug-likeness (QED) is 0.450. The van der Waals surface area contributed by atoms with Gasteiger partial charge in [0.25, 0.3) is 0 Å². The van der Waals surface area contributed by atoms with Gasteiger partial charge in [-0.3, -0.25) is 14.4 Å². The Morgan fingerprint density at radius 2 is 1.74 bits per heavy atom. The first-order valence-corrected chi connectivity index (χ1v) is 16.3. The van der Waals surface area contributed by atoms with Crippen LogP contribution in [0.2, 0.25) is 0 Å². The molecule has 4 heterocycles. The first-order valence-electron chi connectivity index (χ1n) is 16.3. The fourth-order valence-corrected chi connectivity index (χ4v) is 8.16. The van der Waals surface area contributed by atoms with Crippen molar-refractivity contribution in [3.8, 4) is 0 Å². The third kappa shape index (κ3) is 5.19. The zero-order valence-electron chi connectivity index (χ0n) is 25.7. The second kappa shape index (κ2) is 11.8. The minimum Gasteiger partial charge on any atom is -0.359 e. The lowest BCUT2D eigenvalue weighted by Crippen LogP contribution is -2.58. The van der Waals surface area contributed by atoms with E-state index < -0.39 is 29.6 Å². The van der Waals surface area contributed by atoms with Crippen LogP contribution in [0.25, 0.3) is 0 Å². The lowest BCUT2D eigenvalue weighted by atomic mass is 9.73. The van der Waals surface area contributed by atoms with Crippen LogP contribution in [0.5, 0.6) is 0 Å². The van der Waals surface area contributed by atoms with Gasteiger partial charge in [-0.05, 0) is 67.8 Å². The van der Waals surface area contributed by atoms with Gasteiger partial charge in [0.1, 0.15) is 11.6 Å². The highest BCUT2D eigenvalue weighted by Gasteiger charge is 2.72. The summed E-state index contributed by atoms with van der Waals surface area (Å²) in [6.07, 6.45) is 10.1. The third-order valence-electron chi connectivity index (χ3n) is 10.9. The lowest BCUT2D eigenvalue weighted by molar-refractivity contribution is -0.142. The molecule has 8 nitrogen and oxygen atoms in total. The van der Waals surface area contributed by atoms with Crippen molar-refractivity contribution < 1.29 is 19.1 Å². The lowest BCUT2D eigenvalue weighted by Gasteiger charge is -2.38. The average Bonchev–Trinajstić information content (AvgIpc) is 3.62. The maximum atomic E-state index is 14.3. The van der Waals surface area contributed by atoms with E-state index in [-0.39, 0.29) is 23.8 Å². The number of hydrogen-bond acceptors (Lipinski definition) is 5. The number of carbonyl (C=O) groups excluding carboxylic acids is 3. The summed E-state index contributed by atoms with van der Waals surface area (Å²) in [4.78, 5) is 46.4. The molecule has 1 aliphatic carbocycles. The van der Waals surface area contributed by atoms with Crippen LogP contribution < -0.4 is 10.6 Å². The Balaban J connectivity index is 1.25. The van der Waals surface area contributed by atoms with Gasteiger partial charge >= 0.3 is 0 Å². The van der Waals surface area contributed by atoms with E-state index >= 15 is 0 Å². The van der Waals surface area contributed by atoms with Crippen molar-refractivity contribution in [2.24, 2.45) is 23.7 Å². The van der Waals surface area contributed by atoms with Gasteiger partial charge in [-0.1, -0.05) is 71.2 Å². The molecule has 4 fully saturated rings. The molecule has 6 rings (SSSR count). The van der Waals surface area contributed by atoms with Crippen LogP contribution in [0.15, 0.2) is 36.4 Å². The van der Waals surface area contributed by atoms with E-state index in [1.54, 1.807) is 4.90 Å². The molecule has 8 atom stereocenters. The number of ether oxygens (including phenoxy) is 1. The van der Waals surface area contributed by atoms with Crippen LogP contribution >= 0.6 is 0 Å². The van der Waals surface area contributed by atoms with Gasteiger partial charge in [0.2, 0.25) is 17.7 Å². The van der Waals surface area contributed by atoms with Crippen LogP contribution in [0, 0.1) is 23.7 Å². The van der Waals surface area contributed by atoms with E-state index in [1.165, 1.54) is 18.4 Å². The third-order valence-corrected chi connectivity index (χ3v) is 10.9. The van der Waals surface area contributed by atoms with E-state index in [2.05, 4.69) is 43.2 Å². The Morgan fingerprint density at radius 3 is 2.45 bits per heavy atom. The van der Waals surface area contributed by atoms with Crippen molar-refractivity contribution in [1.82, 2.24) is 15.1 Å². The Morgan fingerprint density at radius 1 is 1.00 bits per heavy atom. The zero-order chi connectivity index (χ0) is 29.6. The zero-order valence-corrected chi connectivity index (χ0v) is 25.7. The number of anilines is 1. The SMILES string of the molecule is CC(C)c1ccc(NC(=O)[C@H]2[C@H]3C=C[C@@]4(O3)[C@H]2C(=O)N(CCN2CCCCC2)[C@@H]4C(=O)N[C@@H]2CCC[C@H](C)[C@H]2C)cc1. The molecule has 3 saturated heterocycles. The number of piperidine rings is 1. The van der Waals surface area contributed by atoms with Crippen molar-refractivity contribution in [3.63, 3.8) is 0 Å². The molecule has 228 valence electrons. The van der Waals surface area contributed by atoms with E-state index in [4.69, 9.17) is 4.74 Å². The molecule has 0 unspecified atom stereocenters. The smallest absolute Gasteiger partial charge is 0.246 e. The minimum atomic E-state index is -1.12. The van der Waals surface area contributed by atoms with Gasteiger partial charge in [-0.25, -0.2) is 0 Å². The second-order valence-corrected chi connectivity index (χ2v) is 13.8. The van der Waals surface area contributed by atoms with Crippen LogP contribution in [-0.2, 0) is 19.1 Å². The average molecular weight is 577 g/mol. The number of fused-ring (bicyclic) bond motifs is 1. The number of nitrogens with one attached hydrogen (secondary N) is 2. The van der Waals surface area contributed by atoms with Gasteiger partial charge in [0.05, 0.1) is 17.9 Å². The summed E-state index contributed by atoms with van der Waals surface area (Å²) in [5, 5.41) is 6.41. The maximum absolute atomic E-state index is 14.3. The molecule has 0 radical (unpaired) electrons. The van der Waals surface area contributed by atoms with Crippen molar-refractivity contribution in [3.05, 3.63) is 42.0 Å². The number of nitrogens with zero attached hydrogens (tertiary/aromatic N) is 2. The first-order chi connectivity index (χ1) is 20.2. The Bertz CT molecular complexity index is 1210. The van der Waals surface area contributed by atoms with Gasteiger partial charge in [0, 0.05) is 24.8 Å².